The van der Waals surface area contributed by atoms with E-state index in [1.807, 2.05) is 0 Å². The molecule has 100 valence electrons. The van der Waals surface area contributed by atoms with Crippen LogP contribution in [0.4, 0.5) is 14.5 Å². The molecule has 0 aliphatic rings. The first-order valence-electron chi connectivity index (χ1n) is 5.34. The number of halogens is 2. The summed E-state index contributed by atoms with van der Waals surface area (Å²) in [4.78, 5) is 3.88. The highest BCUT2D eigenvalue weighted by Gasteiger charge is 2.12. The number of nitrogens with one attached hydrogen (secondary N) is 1. The second-order valence-electron chi connectivity index (χ2n) is 3.87. The van der Waals surface area contributed by atoms with Gasteiger partial charge in [0.25, 0.3) is 0 Å². The summed E-state index contributed by atoms with van der Waals surface area (Å²) in [6.07, 6.45) is 1.50. The Labute approximate surface area is 113 Å². The van der Waals surface area contributed by atoms with E-state index in [1.165, 1.54) is 11.0 Å². The standard InChI is InChI=1S/C11H11F2N5S/c1-18-5-16-9(17-18)4-15-10-7(12)2-6(11(14)19)3-8(10)13/h2-3,5,15H,4H2,1H3,(H2,14,19). The molecule has 2 rings (SSSR count). The summed E-state index contributed by atoms with van der Waals surface area (Å²) in [5.41, 5.74) is 5.21. The minimum Gasteiger partial charge on any atom is -0.389 e. The molecule has 0 atom stereocenters. The highest BCUT2D eigenvalue weighted by atomic mass is 32.1. The first-order chi connectivity index (χ1) is 8.97. The third-order valence-corrected chi connectivity index (χ3v) is 2.63. The van der Waals surface area contributed by atoms with Crippen LogP contribution in [0.15, 0.2) is 18.5 Å². The van der Waals surface area contributed by atoms with E-state index in [9.17, 15) is 8.78 Å². The van der Waals surface area contributed by atoms with Crippen LogP contribution in [0.1, 0.15) is 11.4 Å². The summed E-state index contributed by atoms with van der Waals surface area (Å²) >= 11 is 4.67. The number of benzene rings is 1. The van der Waals surface area contributed by atoms with E-state index in [1.54, 1.807) is 7.05 Å². The first-order valence-corrected chi connectivity index (χ1v) is 5.75. The predicted octanol–water partition coefficient (Wildman–Crippen LogP) is 1.34. The molecule has 19 heavy (non-hydrogen) atoms. The Morgan fingerprint density at radius 3 is 2.53 bits per heavy atom. The summed E-state index contributed by atoms with van der Waals surface area (Å²) in [5.74, 6) is -1.10. The fourth-order valence-electron chi connectivity index (χ4n) is 1.52. The second kappa shape index (κ2) is 5.27. The van der Waals surface area contributed by atoms with E-state index >= 15 is 0 Å². The van der Waals surface area contributed by atoms with Gasteiger partial charge in [-0.15, -0.1) is 0 Å². The summed E-state index contributed by atoms with van der Waals surface area (Å²) in [5, 5.41) is 6.59. The predicted molar refractivity (Wildman–Crippen MR) is 70.6 cm³/mol. The molecule has 0 saturated heterocycles. The molecule has 0 fully saturated rings. The van der Waals surface area contributed by atoms with Crippen molar-refractivity contribution in [3.8, 4) is 0 Å². The van der Waals surface area contributed by atoms with Crippen LogP contribution in [0.5, 0.6) is 0 Å². The first kappa shape index (κ1) is 13.3. The van der Waals surface area contributed by atoms with Crippen LogP contribution < -0.4 is 11.1 Å². The van der Waals surface area contributed by atoms with Gasteiger partial charge in [0, 0.05) is 12.6 Å². The zero-order chi connectivity index (χ0) is 14.0. The van der Waals surface area contributed by atoms with Crippen LogP contribution >= 0.6 is 12.2 Å². The zero-order valence-corrected chi connectivity index (χ0v) is 10.8. The van der Waals surface area contributed by atoms with Gasteiger partial charge < -0.3 is 11.1 Å². The maximum atomic E-state index is 13.7. The van der Waals surface area contributed by atoms with Crippen molar-refractivity contribution in [3.05, 3.63) is 41.5 Å². The quantitative estimate of drug-likeness (QED) is 0.829. The average Bonchev–Trinajstić information content (AvgIpc) is 2.73. The van der Waals surface area contributed by atoms with Crippen molar-refractivity contribution in [2.75, 3.05) is 5.32 Å². The van der Waals surface area contributed by atoms with Gasteiger partial charge in [-0.2, -0.15) is 5.10 Å². The molecule has 0 unspecified atom stereocenters. The lowest BCUT2D eigenvalue weighted by Crippen LogP contribution is -2.12. The lowest BCUT2D eigenvalue weighted by molar-refractivity contribution is 0.587. The van der Waals surface area contributed by atoms with Crippen LogP contribution in [-0.4, -0.2) is 19.8 Å². The Bertz CT molecular complexity index is 602. The zero-order valence-electron chi connectivity index (χ0n) is 10.0. The Morgan fingerprint density at radius 1 is 1.42 bits per heavy atom. The van der Waals surface area contributed by atoms with Gasteiger partial charge in [-0.05, 0) is 12.1 Å². The number of aromatic nitrogens is 3. The van der Waals surface area contributed by atoms with Crippen molar-refractivity contribution in [1.29, 1.82) is 0 Å². The molecule has 2 aromatic rings. The molecule has 1 aromatic carbocycles. The van der Waals surface area contributed by atoms with Gasteiger partial charge in [0.1, 0.15) is 28.6 Å². The summed E-state index contributed by atoms with van der Waals surface area (Å²) in [7, 11) is 1.70. The number of hydrogen-bond acceptors (Lipinski definition) is 4. The summed E-state index contributed by atoms with van der Waals surface area (Å²) in [6.45, 7) is 0.112. The molecule has 1 heterocycles. The van der Waals surface area contributed by atoms with E-state index in [0.29, 0.717) is 5.82 Å². The minimum absolute atomic E-state index is 0.0595. The minimum atomic E-state index is -0.765. The van der Waals surface area contributed by atoms with Gasteiger partial charge in [0.05, 0.1) is 6.54 Å². The summed E-state index contributed by atoms with van der Waals surface area (Å²) in [6, 6.07) is 2.17. The topological polar surface area (TPSA) is 68.8 Å². The monoisotopic (exact) mass is 283 g/mol. The average molecular weight is 283 g/mol. The number of thiocarbonyl (C=S) groups is 1. The molecule has 0 saturated carbocycles. The van der Waals surface area contributed by atoms with Crippen LogP contribution in [0.25, 0.3) is 0 Å². The Kier molecular flexibility index (Phi) is 3.70. The molecule has 0 spiro atoms. The lowest BCUT2D eigenvalue weighted by Gasteiger charge is -2.08. The molecule has 8 heteroatoms. The number of aryl methyl sites for hydroxylation is 1. The normalized spacial score (nSPS) is 10.5. The Balaban J connectivity index is 2.18. The Hall–Kier alpha value is -2.09. The van der Waals surface area contributed by atoms with Crippen LogP contribution in [0.2, 0.25) is 0 Å². The van der Waals surface area contributed by atoms with E-state index < -0.39 is 11.6 Å². The van der Waals surface area contributed by atoms with E-state index in [4.69, 9.17) is 5.73 Å². The fourth-order valence-corrected chi connectivity index (χ4v) is 1.63. The van der Waals surface area contributed by atoms with Crippen LogP contribution in [0, 0.1) is 11.6 Å². The van der Waals surface area contributed by atoms with Gasteiger partial charge in [-0.25, -0.2) is 13.8 Å². The van der Waals surface area contributed by atoms with Gasteiger partial charge in [0.15, 0.2) is 5.82 Å². The molecule has 0 amide bonds. The number of nitrogens with two attached hydrogens (primary N) is 1. The highest BCUT2D eigenvalue weighted by molar-refractivity contribution is 7.80. The van der Waals surface area contributed by atoms with Crippen LogP contribution in [-0.2, 0) is 13.6 Å². The van der Waals surface area contributed by atoms with Crippen molar-refractivity contribution in [1.82, 2.24) is 14.8 Å². The number of hydrogen-bond donors (Lipinski definition) is 2. The third kappa shape index (κ3) is 3.02. The SMILES string of the molecule is Cn1cnc(CNc2c(F)cc(C(N)=S)cc2F)n1. The molecule has 3 N–H and O–H groups in total. The van der Waals surface area contributed by atoms with Crippen molar-refractivity contribution in [3.63, 3.8) is 0 Å². The van der Waals surface area contributed by atoms with Crippen molar-refractivity contribution >= 4 is 22.9 Å². The molecule has 0 aliphatic heterocycles. The lowest BCUT2D eigenvalue weighted by atomic mass is 10.2. The fraction of sp³-hybridized carbons (Fsp3) is 0.182. The van der Waals surface area contributed by atoms with Crippen LogP contribution in [0.3, 0.4) is 0 Å². The van der Waals surface area contributed by atoms with E-state index in [0.717, 1.165) is 12.1 Å². The maximum Gasteiger partial charge on any atom is 0.169 e. The summed E-state index contributed by atoms with van der Waals surface area (Å²) < 4.78 is 28.9. The molecule has 0 bridgehead atoms. The molecule has 0 radical (unpaired) electrons. The molecule has 1 aromatic heterocycles. The van der Waals surface area contributed by atoms with Gasteiger partial charge in [-0.3, -0.25) is 4.68 Å². The van der Waals surface area contributed by atoms with Gasteiger partial charge >= 0.3 is 0 Å². The highest BCUT2D eigenvalue weighted by Crippen LogP contribution is 2.21. The van der Waals surface area contributed by atoms with Gasteiger partial charge in [0.2, 0.25) is 0 Å². The number of nitrogens with zero attached hydrogens (tertiary/aromatic N) is 3. The number of anilines is 1. The molecular weight excluding hydrogens is 272 g/mol. The molecule has 5 nitrogen and oxygen atoms in total. The van der Waals surface area contributed by atoms with E-state index in [2.05, 4.69) is 27.6 Å². The number of rotatable bonds is 4. The molecular formula is C11H11F2N5S. The third-order valence-electron chi connectivity index (χ3n) is 2.40. The van der Waals surface area contributed by atoms with Crippen molar-refractivity contribution in [2.45, 2.75) is 6.54 Å². The van der Waals surface area contributed by atoms with Gasteiger partial charge in [-0.1, -0.05) is 12.2 Å². The second-order valence-corrected chi connectivity index (χ2v) is 4.31. The Morgan fingerprint density at radius 2 is 2.05 bits per heavy atom. The molecule has 0 aliphatic carbocycles. The smallest absolute Gasteiger partial charge is 0.169 e. The largest absolute Gasteiger partial charge is 0.389 e. The van der Waals surface area contributed by atoms with E-state index in [-0.39, 0.29) is 22.8 Å². The van der Waals surface area contributed by atoms with Crippen molar-refractivity contribution < 1.29 is 8.78 Å². The maximum absolute atomic E-state index is 13.7. The van der Waals surface area contributed by atoms with Crippen molar-refractivity contribution in [2.24, 2.45) is 12.8 Å².